The summed E-state index contributed by atoms with van der Waals surface area (Å²) in [5.41, 5.74) is 2.34. The molecule has 1 fully saturated rings. The van der Waals surface area contributed by atoms with E-state index in [1.165, 1.54) is 25.1 Å². The van der Waals surface area contributed by atoms with E-state index in [1.807, 2.05) is 13.0 Å². The predicted molar refractivity (Wildman–Crippen MR) is 106 cm³/mol. The number of anilines is 1. The van der Waals surface area contributed by atoms with Crippen LogP contribution in [-0.2, 0) is 14.4 Å². The number of barbiturate groups is 1. The summed E-state index contributed by atoms with van der Waals surface area (Å²) in [6.45, 7) is 4.99. The van der Waals surface area contributed by atoms with E-state index < -0.39 is 29.9 Å². The highest BCUT2D eigenvalue weighted by Gasteiger charge is 2.37. The average Bonchev–Trinajstić information content (AvgIpc) is 2.69. The zero-order valence-corrected chi connectivity index (χ0v) is 16.6. The third kappa shape index (κ3) is 4.07. The fourth-order valence-corrected chi connectivity index (χ4v) is 2.92. The van der Waals surface area contributed by atoms with Crippen molar-refractivity contribution in [2.24, 2.45) is 0 Å². The summed E-state index contributed by atoms with van der Waals surface area (Å²) in [4.78, 5) is 49.3. The van der Waals surface area contributed by atoms with E-state index >= 15 is 0 Å². The van der Waals surface area contributed by atoms with Crippen molar-refractivity contribution >= 4 is 35.6 Å². The Hall–Kier alpha value is -3.94. The first-order valence-corrected chi connectivity index (χ1v) is 9.14. The third-order valence-corrected chi connectivity index (χ3v) is 4.75. The molecule has 0 radical (unpaired) electrons. The first kappa shape index (κ1) is 20.8. The highest BCUT2D eigenvalue weighted by Crippen LogP contribution is 2.27. The summed E-state index contributed by atoms with van der Waals surface area (Å²) in [5, 5.41) is 13.0. The SMILES string of the molecule is Cc1cccc(N2C(=O)NC(=O)/C(=C/c3ccc(O[C@H](C)C(=O)[O-])cc3)C2=O)c1C. The van der Waals surface area contributed by atoms with E-state index in [0.29, 0.717) is 17.0 Å². The molecule has 3 rings (SSSR count). The Balaban J connectivity index is 1.91. The van der Waals surface area contributed by atoms with Crippen LogP contribution in [0.3, 0.4) is 0 Å². The van der Waals surface area contributed by atoms with E-state index in [0.717, 1.165) is 16.0 Å². The minimum Gasteiger partial charge on any atom is -0.546 e. The van der Waals surface area contributed by atoms with Crippen LogP contribution in [0.5, 0.6) is 5.75 Å². The van der Waals surface area contributed by atoms with Gasteiger partial charge in [0.2, 0.25) is 0 Å². The lowest BCUT2D eigenvalue weighted by molar-refractivity contribution is -0.312. The van der Waals surface area contributed by atoms with Gasteiger partial charge in [0.05, 0.1) is 11.7 Å². The Kier molecular flexibility index (Phi) is 5.68. The maximum absolute atomic E-state index is 13.0. The van der Waals surface area contributed by atoms with Crippen molar-refractivity contribution in [1.82, 2.24) is 5.32 Å². The van der Waals surface area contributed by atoms with Crippen LogP contribution in [0, 0.1) is 13.8 Å². The number of nitrogens with zero attached hydrogens (tertiary/aromatic N) is 1. The molecular weight excluding hydrogens is 388 g/mol. The number of hydrogen-bond donors (Lipinski definition) is 1. The van der Waals surface area contributed by atoms with Crippen LogP contribution in [0.15, 0.2) is 48.0 Å². The highest BCUT2D eigenvalue weighted by molar-refractivity contribution is 6.39. The smallest absolute Gasteiger partial charge is 0.335 e. The number of nitrogens with one attached hydrogen (secondary N) is 1. The lowest BCUT2D eigenvalue weighted by Gasteiger charge is -2.28. The van der Waals surface area contributed by atoms with Crippen molar-refractivity contribution in [3.05, 3.63) is 64.7 Å². The number of carbonyl (C=O) groups excluding carboxylic acids is 4. The zero-order valence-electron chi connectivity index (χ0n) is 16.6. The number of imide groups is 2. The number of carboxylic acids is 1. The van der Waals surface area contributed by atoms with Crippen LogP contribution in [0.1, 0.15) is 23.6 Å². The number of carbonyl (C=O) groups is 4. The van der Waals surface area contributed by atoms with E-state index in [2.05, 4.69) is 5.32 Å². The van der Waals surface area contributed by atoms with Crippen LogP contribution in [0.25, 0.3) is 6.08 Å². The topological polar surface area (TPSA) is 116 Å². The largest absolute Gasteiger partial charge is 0.546 e. The Bertz CT molecular complexity index is 1070. The molecule has 0 unspecified atom stereocenters. The van der Waals surface area contributed by atoms with Crippen molar-refractivity contribution in [3.8, 4) is 5.75 Å². The second-order valence-corrected chi connectivity index (χ2v) is 6.83. The fourth-order valence-electron chi connectivity index (χ4n) is 2.92. The number of carboxylic acid groups (broad SMARTS) is 1. The Morgan fingerprint density at radius 3 is 2.40 bits per heavy atom. The summed E-state index contributed by atoms with van der Waals surface area (Å²) in [7, 11) is 0. The number of aryl methyl sites for hydroxylation is 1. The molecule has 30 heavy (non-hydrogen) atoms. The molecule has 1 aliphatic heterocycles. The maximum Gasteiger partial charge on any atom is 0.335 e. The summed E-state index contributed by atoms with van der Waals surface area (Å²) >= 11 is 0. The molecule has 1 N–H and O–H groups in total. The van der Waals surface area contributed by atoms with E-state index in [1.54, 1.807) is 31.2 Å². The first-order valence-electron chi connectivity index (χ1n) is 9.14. The molecule has 0 bridgehead atoms. The minimum absolute atomic E-state index is 0.202. The monoisotopic (exact) mass is 407 g/mol. The van der Waals surface area contributed by atoms with Crippen LogP contribution >= 0.6 is 0 Å². The molecule has 1 heterocycles. The maximum atomic E-state index is 13.0. The Morgan fingerprint density at radius 1 is 1.10 bits per heavy atom. The van der Waals surface area contributed by atoms with Crippen LogP contribution in [-0.4, -0.2) is 29.9 Å². The van der Waals surface area contributed by atoms with Gasteiger partial charge in [-0.25, -0.2) is 9.69 Å². The second kappa shape index (κ2) is 8.20. The lowest BCUT2D eigenvalue weighted by atomic mass is 10.0. The highest BCUT2D eigenvalue weighted by atomic mass is 16.5. The van der Waals surface area contributed by atoms with E-state index in [9.17, 15) is 24.3 Å². The van der Waals surface area contributed by atoms with Crippen LogP contribution in [0.2, 0.25) is 0 Å². The molecule has 154 valence electrons. The van der Waals surface area contributed by atoms with Crippen molar-refractivity contribution in [1.29, 1.82) is 0 Å². The number of rotatable bonds is 5. The molecule has 0 aliphatic carbocycles. The van der Waals surface area contributed by atoms with Crippen molar-refractivity contribution in [2.75, 3.05) is 4.90 Å². The standard InChI is InChI=1S/C22H20N2O6/c1-12-5-4-6-18(13(12)2)24-20(26)17(19(25)23-22(24)29)11-15-7-9-16(10-8-15)30-14(3)21(27)28/h4-11,14H,1-3H3,(H,27,28)(H,23,25,29)/p-1/b17-11-/t14-/m1/s1. The number of hydrogen-bond acceptors (Lipinski definition) is 6. The summed E-state index contributed by atoms with van der Waals surface area (Å²) < 4.78 is 5.19. The first-order chi connectivity index (χ1) is 14.2. The molecule has 0 saturated carbocycles. The van der Waals surface area contributed by atoms with Gasteiger partial charge < -0.3 is 14.6 Å². The zero-order chi connectivity index (χ0) is 22.0. The van der Waals surface area contributed by atoms with Gasteiger partial charge in [-0.2, -0.15) is 0 Å². The summed E-state index contributed by atoms with van der Waals surface area (Å²) in [6, 6.07) is 10.5. The van der Waals surface area contributed by atoms with Crippen LogP contribution in [0.4, 0.5) is 10.5 Å². The minimum atomic E-state index is -1.35. The van der Waals surface area contributed by atoms with E-state index in [4.69, 9.17) is 4.74 Å². The molecular formula is C22H19N2O6-. The van der Waals surface area contributed by atoms with Crippen LogP contribution < -0.4 is 20.1 Å². The number of aliphatic carboxylic acids is 1. The third-order valence-electron chi connectivity index (χ3n) is 4.75. The van der Waals surface area contributed by atoms with Gasteiger partial charge in [-0.05, 0) is 61.7 Å². The Morgan fingerprint density at radius 2 is 1.77 bits per heavy atom. The number of amides is 4. The molecule has 0 aromatic heterocycles. The molecule has 1 aliphatic rings. The fraction of sp³-hybridized carbons (Fsp3) is 0.182. The van der Waals surface area contributed by atoms with Gasteiger partial charge in [0, 0.05) is 0 Å². The van der Waals surface area contributed by atoms with Gasteiger partial charge in [-0.1, -0.05) is 24.3 Å². The predicted octanol–water partition coefficient (Wildman–Crippen LogP) is 1.49. The molecule has 4 amide bonds. The molecule has 8 heteroatoms. The quantitative estimate of drug-likeness (QED) is 0.593. The van der Waals surface area contributed by atoms with Crippen molar-refractivity contribution in [2.45, 2.75) is 26.9 Å². The van der Waals surface area contributed by atoms with Gasteiger partial charge in [0.25, 0.3) is 11.8 Å². The second-order valence-electron chi connectivity index (χ2n) is 6.83. The average molecular weight is 407 g/mol. The molecule has 1 atom stereocenters. The molecule has 8 nitrogen and oxygen atoms in total. The summed E-state index contributed by atoms with van der Waals surface area (Å²) in [6.07, 6.45) is 0.228. The number of benzene rings is 2. The molecule has 0 spiro atoms. The van der Waals surface area contributed by atoms with Gasteiger partial charge in [-0.3, -0.25) is 14.9 Å². The van der Waals surface area contributed by atoms with E-state index in [-0.39, 0.29) is 5.57 Å². The van der Waals surface area contributed by atoms with Crippen molar-refractivity contribution < 1.29 is 29.0 Å². The van der Waals surface area contributed by atoms with Gasteiger partial charge in [0.1, 0.15) is 17.4 Å². The molecule has 2 aromatic carbocycles. The number of ether oxygens (including phenoxy) is 1. The summed E-state index contributed by atoms with van der Waals surface area (Å²) in [5.74, 6) is -2.58. The molecule has 1 saturated heterocycles. The van der Waals surface area contributed by atoms with Gasteiger partial charge in [0.15, 0.2) is 0 Å². The van der Waals surface area contributed by atoms with Crippen molar-refractivity contribution in [3.63, 3.8) is 0 Å². The lowest BCUT2D eigenvalue weighted by Crippen LogP contribution is -2.54. The molecule has 2 aromatic rings. The Labute approximate surface area is 172 Å². The number of urea groups is 1. The van der Waals surface area contributed by atoms with Gasteiger partial charge >= 0.3 is 6.03 Å². The normalized spacial score (nSPS) is 16.4. The van der Waals surface area contributed by atoms with Gasteiger partial charge in [-0.15, -0.1) is 0 Å².